The van der Waals surface area contributed by atoms with Crippen LogP contribution < -0.4 is 0 Å². The van der Waals surface area contributed by atoms with E-state index in [-0.39, 0.29) is 0 Å². The van der Waals surface area contributed by atoms with Crippen molar-refractivity contribution in [1.29, 1.82) is 0 Å². The molecule has 0 radical (unpaired) electrons. The van der Waals surface area contributed by atoms with E-state index in [1.54, 1.807) is 0 Å². The second-order valence-corrected chi connectivity index (χ2v) is 16.0. The standard InChI is InChI=1S/C59H37N5/c1-60-43-34-31-39(32-35-43)42-33-36-56-49(37-42)46-23-10-14-28-54(46)64(56)57-30-16-25-48(59-61-50(40-17-4-2-5-18-40)38-51(62-59)41-19-6-3-7-20-41)58(57)47-24-11-15-29-55(47)63-52-26-12-8-21-44(52)45-22-9-13-27-53(45)63/h2-38H. The second kappa shape index (κ2) is 15.3. The first-order valence-corrected chi connectivity index (χ1v) is 21.4. The van der Waals surface area contributed by atoms with Gasteiger partial charge < -0.3 is 9.13 Å². The number of fused-ring (bicyclic) bond motifs is 6. The van der Waals surface area contributed by atoms with Crippen LogP contribution in [0.25, 0.3) is 116 Å². The van der Waals surface area contributed by atoms with Crippen molar-refractivity contribution in [3.05, 3.63) is 236 Å². The van der Waals surface area contributed by atoms with E-state index in [0.29, 0.717) is 11.5 Å². The van der Waals surface area contributed by atoms with Crippen LogP contribution in [0.15, 0.2) is 224 Å². The molecule has 5 heteroatoms. The lowest BCUT2D eigenvalue weighted by molar-refractivity contribution is 1.15. The van der Waals surface area contributed by atoms with Gasteiger partial charge in [0.05, 0.1) is 51.4 Å². The van der Waals surface area contributed by atoms with Gasteiger partial charge in [-0.3, -0.25) is 0 Å². The van der Waals surface area contributed by atoms with Gasteiger partial charge in [0.15, 0.2) is 11.5 Å². The van der Waals surface area contributed by atoms with Gasteiger partial charge in [0, 0.05) is 49.4 Å². The quantitative estimate of drug-likeness (QED) is 0.150. The van der Waals surface area contributed by atoms with Crippen LogP contribution in [0.5, 0.6) is 0 Å². The zero-order chi connectivity index (χ0) is 42.6. The summed E-state index contributed by atoms with van der Waals surface area (Å²) < 4.78 is 4.83. The summed E-state index contributed by atoms with van der Waals surface area (Å²) >= 11 is 0. The molecule has 64 heavy (non-hydrogen) atoms. The van der Waals surface area contributed by atoms with Crippen molar-refractivity contribution in [3.8, 4) is 67.5 Å². The second-order valence-electron chi connectivity index (χ2n) is 16.0. The van der Waals surface area contributed by atoms with Crippen LogP contribution in [0.2, 0.25) is 0 Å². The molecule has 9 aromatic carbocycles. The Labute approximate surface area is 370 Å². The molecule has 3 aromatic heterocycles. The fraction of sp³-hybridized carbons (Fsp3) is 0. The lowest BCUT2D eigenvalue weighted by Gasteiger charge is -2.21. The van der Waals surface area contributed by atoms with Crippen molar-refractivity contribution >= 4 is 49.3 Å². The minimum atomic E-state index is 0.629. The molecular formula is C59H37N5. The highest BCUT2D eigenvalue weighted by Gasteiger charge is 2.25. The maximum absolute atomic E-state index is 7.49. The van der Waals surface area contributed by atoms with Gasteiger partial charge >= 0.3 is 0 Å². The Hall–Kier alpha value is -8.85. The van der Waals surface area contributed by atoms with E-state index in [1.807, 2.05) is 36.4 Å². The van der Waals surface area contributed by atoms with Crippen LogP contribution in [0.3, 0.4) is 0 Å². The van der Waals surface area contributed by atoms with Crippen molar-refractivity contribution < 1.29 is 0 Å². The molecule has 0 aliphatic rings. The van der Waals surface area contributed by atoms with Crippen molar-refractivity contribution in [2.45, 2.75) is 0 Å². The molecule has 0 fully saturated rings. The predicted octanol–water partition coefficient (Wildman–Crippen LogP) is 15.6. The fourth-order valence-corrected chi connectivity index (χ4v) is 9.48. The zero-order valence-corrected chi connectivity index (χ0v) is 34.6. The molecule has 0 amide bonds. The Kier molecular flexibility index (Phi) is 8.81. The van der Waals surface area contributed by atoms with Gasteiger partial charge in [-0.2, -0.15) is 0 Å². The van der Waals surface area contributed by atoms with Gasteiger partial charge in [-0.25, -0.2) is 14.8 Å². The lowest BCUT2D eigenvalue weighted by atomic mass is 9.94. The van der Waals surface area contributed by atoms with Gasteiger partial charge in [-0.05, 0) is 59.7 Å². The first kappa shape index (κ1) is 37.0. The molecule has 0 saturated carbocycles. The van der Waals surface area contributed by atoms with Crippen LogP contribution in [-0.2, 0) is 0 Å². The van der Waals surface area contributed by atoms with E-state index in [0.717, 1.165) is 94.5 Å². The number of para-hydroxylation sites is 4. The summed E-state index contributed by atoms with van der Waals surface area (Å²) in [5.74, 6) is 0.639. The third-order valence-corrected chi connectivity index (χ3v) is 12.4. The molecule has 12 rings (SSSR count). The first-order chi connectivity index (χ1) is 31.7. The Morgan fingerprint density at radius 2 is 0.812 bits per heavy atom. The molecule has 0 N–H and O–H groups in total. The minimum absolute atomic E-state index is 0.629. The molecule has 0 atom stereocenters. The number of nitrogens with zero attached hydrogens (tertiary/aromatic N) is 5. The van der Waals surface area contributed by atoms with Crippen LogP contribution >= 0.6 is 0 Å². The van der Waals surface area contributed by atoms with E-state index in [2.05, 4.69) is 202 Å². The molecule has 0 saturated heterocycles. The molecule has 3 heterocycles. The van der Waals surface area contributed by atoms with Gasteiger partial charge in [-0.15, -0.1) is 0 Å². The number of aromatic nitrogens is 4. The summed E-state index contributed by atoms with van der Waals surface area (Å²) in [6.07, 6.45) is 0. The number of hydrogen-bond acceptors (Lipinski definition) is 2. The molecule has 298 valence electrons. The Bertz CT molecular complexity index is 3670. The minimum Gasteiger partial charge on any atom is -0.309 e. The van der Waals surface area contributed by atoms with Crippen LogP contribution in [0.1, 0.15) is 0 Å². The number of hydrogen-bond donors (Lipinski definition) is 0. The Morgan fingerprint density at radius 3 is 1.42 bits per heavy atom. The SMILES string of the molecule is [C-]#[N+]c1ccc(-c2ccc3c(c2)c2ccccc2n3-c2cccc(-c3nc(-c4ccccc4)cc(-c4ccccc4)n3)c2-c2ccccc2-n2c3ccccc3c3ccccc32)cc1. The normalized spacial score (nSPS) is 11.4. The van der Waals surface area contributed by atoms with E-state index in [4.69, 9.17) is 16.5 Å². The summed E-state index contributed by atoms with van der Waals surface area (Å²) in [4.78, 5) is 14.5. The molecule has 0 aliphatic carbocycles. The molecule has 5 nitrogen and oxygen atoms in total. The molecule has 0 bridgehead atoms. The van der Waals surface area contributed by atoms with E-state index >= 15 is 0 Å². The fourth-order valence-electron chi connectivity index (χ4n) is 9.48. The molecule has 0 unspecified atom stereocenters. The maximum Gasteiger partial charge on any atom is 0.187 e. The molecular weight excluding hydrogens is 779 g/mol. The van der Waals surface area contributed by atoms with Crippen LogP contribution in [0.4, 0.5) is 5.69 Å². The Balaban J connectivity index is 1.19. The smallest absolute Gasteiger partial charge is 0.187 e. The molecule has 0 spiro atoms. The van der Waals surface area contributed by atoms with Gasteiger partial charge in [0.2, 0.25) is 0 Å². The average molecular weight is 816 g/mol. The summed E-state index contributed by atoms with van der Waals surface area (Å²) in [6.45, 7) is 7.49. The topological polar surface area (TPSA) is 40.0 Å². The van der Waals surface area contributed by atoms with Crippen molar-refractivity contribution in [3.63, 3.8) is 0 Å². The monoisotopic (exact) mass is 815 g/mol. The zero-order valence-electron chi connectivity index (χ0n) is 34.6. The highest BCUT2D eigenvalue weighted by Crippen LogP contribution is 2.45. The number of rotatable bonds is 7. The van der Waals surface area contributed by atoms with E-state index in [9.17, 15) is 0 Å². The van der Waals surface area contributed by atoms with Gasteiger partial charge in [-0.1, -0.05) is 176 Å². The molecule has 12 aromatic rings. The van der Waals surface area contributed by atoms with Crippen molar-refractivity contribution in [1.82, 2.24) is 19.1 Å². The van der Waals surface area contributed by atoms with Crippen LogP contribution in [-0.4, -0.2) is 19.1 Å². The van der Waals surface area contributed by atoms with Gasteiger partial charge in [0.25, 0.3) is 0 Å². The Morgan fingerprint density at radius 1 is 0.344 bits per heavy atom. The summed E-state index contributed by atoms with van der Waals surface area (Å²) in [5, 5.41) is 4.70. The maximum atomic E-state index is 7.49. The van der Waals surface area contributed by atoms with Crippen molar-refractivity contribution in [2.75, 3.05) is 0 Å². The first-order valence-electron chi connectivity index (χ1n) is 21.4. The van der Waals surface area contributed by atoms with E-state index < -0.39 is 0 Å². The highest BCUT2D eigenvalue weighted by atomic mass is 15.0. The third kappa shape index (κ3) is 6.08. The molecule has 0 aliphatic heterocycles. The van der Waals surface area contributed by atoms with Crippen LogP contribution in [0, 0.1) is 6.57 Å². The summed E-state index contributed by atoms with van der Waals surface area (Å²) in [6, 6.07) is 78.8. The highest BCUT2D eigenvalue weighted by molar-refractivity contribution is 6.12. The number of benzene rings is 9. The summed E-state index contributed by atoms with van der Waals surface area (Å²) in [5.41, 5.74) is 16.1. The predicted molar refractivity (Wildman–Crippen MR) is 264 cm³/mol. The lowest BCUT2D eigenvalue weighted by Crippen LogP contribution is -2.04. The van der Waals surface area contributed by atoms with E-state index in [1.165, 1.54) is 10.8 Å². The van der Waals surface area contributed by atoms with Crippen molar-refractivity contribution in [2.24, 2.45) is 0 Å². The summed E-state index contributed by atoms with van der Waals surface area (Å²) in [7, 11) is 0. The average Bonchev–Trinajstić information content (AvgIpc) is 3.89. The van der Waals surface area contributed by atoms with Gasteiger partial charge in [0.1, 0.15) is 0 Å². The third-order valence-electron chi connectivity index (χ3n) is 12.4. The largest absolute Gasteiger partial charge is 0.309 e.